The van der Waals surface area contributed by atoms with Crippen molar-refractivity contribution in [2.75, 3.05) is 26.9 Å². The minimum atomic E-state index is -0.0691. The molecule has 0 fully saturated rings. The topological polar surface area (TPSA) is 61.8 Å². The van der Waals surface area contributed by atoms with Crippen molar-refractivity contribution in [3.05, 3.63) is 0 Å². The zero-order valence-electron chi connectivity index (χ0n) is 21.5. The number of methoxy groups -OCH3 is 1. The molecule has 0 saturated carbocycles. The second-order valence-corrected chi connectivity index (χ2v) is 9.08. The average Bonchev–Trinajstić information content (AvgIpc) is 2.79. The van der Waals surface area contributed by atoms with Crippen molar-refractivity contribution in [1.82, 2.24) is 0 Å². The van der Waals surface area contributed by atoms with E-state index in [4.69, 9.17) is 14.2 Å². The van der Waals surface area contributed by atoms with E-state index in [1.807, 2.05) is 0 Å². The van der Waals surface area contributed by atoms with Crippen LogP contribution in [0, 0.1) is 5.92 Å². The summed E-state index contributed by atoms with van der Waals surface area (Å²) in [6, 6.07) is 0. The summed E-state index contributed by atoms with van der Waals surface area (Å²) < 4.78 is 16.0. The minimum absolute atomic E-state index is 0.0539. The number of carbonyl (C=O) groups is 2. The fourth-order valence-corrected chi connectivity index (χ4v) is 3.77. The molecule has 0 heterocycles. The Kier molecular flexibility index (Phi) is 23.7. The van der Waals surface area contributed by atoms with Crippen LogP contribution in [-0.2, 0) is 23.8 Å². The van der Waals surface area contributed by atoms with E-state index >= 15 is 0 Å². The SMILES string of the molecule is CCCCCCCOC(=O)CCCCCCCCC(=O)OCC(CCCCC)CCOC. The number of hydrogen-bond acceptors (Lipinski definition) is 5. The number of rotatable bonds is 24. The molecule has 1 atom stereocenters. The van der Waals surface area contributed by atoms with Gasteiger partial charge in [0, 0.05) is 26.6 Å². The monoisotopic (exact) mass is 456 g/mol. The molecule has 0 saturated heterocycles. The van der Waals surface area contributed by atoms with Gasteiger partial charge >= 0.3 is 11.9 Å². The molecule has 0 amide bonds. The lowest BCUT2D eigenvalue weighted by Gasteiger charge is -2.16. The van der Waals surface area contributed by atoms with Gasteiger partial charge < -0.3 is 14.2 Å². The standard InChI is InChI=1S/C27H52O5/c1-4-6-8-13-17-22-31-26(28)19-15-11-9-10-12-16-20-27(29)32-24-25(21-23-30-3)18-14-7-5-2/h25H,4-24H2,1-3H3. The molecule has 0 aromatic rings. The molecule has 0 bridgehead atoms. The number of unbranched alkanes of at least 4 members (excludes halogenated alkanes) is 11. The number of esters is 2. The van der Waals surface area contributed by atoms with E-state index in [0.717, 1.165) is 70.8 Å². The molecule has 0 aliphatic heterocycles. The highest BCUT2D eigenvalue weighted by Crippen LogP contribution is 2.16. The second kappa shape index (κ2) is 24.5. The fraction of sp³-hybridized carbons (Fsp3) is 0.926. The summed E-state index contributed by atoms with van der Waals surface area (Å²) in [5.74, 6) is 0.292. The van der Waals surface area contributed by atoms with Gasteiger partial charge in [-0.15, -0.1) is 0 Å². The molecule has 5 nitrogen and oxygen atoms in total. The maximum atomic E-state index is 12.0. The van der Waals surface area contributed by atoms with Gasteiger partial charge in [0.15, 0.2) is 0 Å². The van der Waals surface area contributed by atoms with Crippen LogP contribution in [0.3, 0.4) is 0 Å². The first-order valence-corrected chi connectivity index (χ1v) is 13.4. The average molecular weight is 457 g/mol. The minimum Gasteiger partial charge on any atom is -0.466 e. The lowest BCUT2D eigenvalue weighted by molar-refractivity contribution is -0.145. The highest BCUT2D eigenvalue weighted by Gasteiger charge is 2.12. The third kappa shape index (κ3) is 22.1. The molecular formula is C27H52O5. The Bertz CT molecular complexity index is 424. The molecule has 0 spiro atoms. The van der Waals surface area contributed by atoms with Crippen molar-refractivity contribution in [3.8, 4) is 0 Å². The molecule has 0 radical (unpaired) electrons. The van der Waals surface area contributed by atoms with E-state index in [9.17, 15) is 9.59 Å². The van der Waals surface area contributed by atoms with E-state index in [1.165, 1.54) is 38.5 Å². The van der Waals surface area contributed by atoms with Crippen LogP contribution in [0.15, 0.2) is 0 Å². The summed E-state index contributed by atoms with van der Waals surface area (Å²) in [6.45, 7) is 6.23. The van der Waals surface area contributed by atoms with E-state index in [0.29, 0.717) is 32.0 Å². The van der Waals surface area contributed by atoms with E-state index < -0.39 is 0 Å². The van der Waals surface area contributed by atoms with Gasteiger partial charge in [0.2, 0.25) is 0 Å². The molecule has 0 aliphatic carbocycles. The van der Waals surface area contributed by atoms with E-state index in [1.54, 1.807) is 7.11 Å². The fourth-order valence-electron chi connectivity index (χ4n) is 3.77. The predicted octanol–water partition coefficient (Wildman–Crippen LogP) is 7.40. The maximum Gasteiger partial charge on any atom is 0.305 e. The summed E-state index contributed by atoms with van der Waals surface area (Å²) >= 11 is 0. The molecule has 0 aromatic carbocycles. The summed E-state index contributed by atoms with van der Waals surface area (Å²) in [5, 5.41) is 0. The van der Waals surface area contributed by atoms with Gasteiger partial charge in [-0.25, -0.2) is 0 Å². The molecule has 0 rings (SSSR count). The van der Waals surface area contributed by atoms with Gasteiger partial charge in [-0.1, -0.05) is 84.5 Å². The van der Waals surface area contributed by atoms with Gasteiger partial charge in [0.1, 0.15) is 0 Å². The van der Waals surface area contributed by atoms with E-state index in [2.05, 4.69) is 13.8 Å². The largest absolute Gasteiger partial charge is 0.466 e. The molecule has 0 aromatic heterocycles. The normalized spacial score (nSPS) is 12.0. The molecule has 5 heteroatoms. The van der Waals surface area contributed by atoms with Crippen molar-refractivity contribution in [2.45, 2.75) is 129 Å². The summed E-state index contributed by atoms with van der Waals surface area (Å²) in [6.07, 6.45) is 18.7. The highest BCUT2D eigenvalue weighted by atomic mass is 16.5. The first-order valence-electron chi connectivity index (χ1n) is 13.4. The molecule has 32 heavy (non-hydrogen) atoms. The smallest absolute Gasteiger partial charge is 0.305 e. The lowest BCUT2D eigenvalue weighted by Crippen LogP contribution is -2.16. The van der Waals surface area contributed by atoms with E-state index in [-0.39, 0.29) is 11.9 Å². The van der Waals surface area contributed by atoms with Gasteiger partial charge in [0.25, 0.3) is 0 Å². The Morgan fingerprint density at radius 2 is 1.12 bits per heavy atom. The Labute approximate surface area is 198 Å². The Hall–Kier alpha value is -1.10. The zero-order valence-corrected chi connectivity index (χ0v) is 21.5. The van der Waals surface area contributed by atoms with Crippen LogP contribution in [0.2, 0.25) is 0 Å². The van der Waals surface area contributed by atoms with Gasteiger partial charge in [-0.05, 0) is 38.0 Å². The lowest BCUT2D eigenvalue weighted by atomic mass is 9.99. The van der Waals surface area contributed by atoms with Gasteiger partial charge in [0.05, 0.1) is 13.2 Å². The zero-order chi connectivity index (χ0) is 23.7. The van der Waals surface area contributed by atoms with Crippen molar-refractivity contribution in [3.63, 3.8) is 0 Å². The van der Waals surface area contributed by atoms with Crippen molar-refractivity contribution >= 4 is 11.9 Å². The van der Waals surface area contributed by atoms with Crippen LogP contribution in [0.4, 0.5) is 0 Å². The third-order valence-corrected chi connectivity index (χ3v) is 5.95. The maximum absolute atomic E-state index is 12.0. The van der Waals surface area contributed by atoms with Crippen LogP contribution in [-0.4, -0.2) is 38.9 Å². The first-order chi connectivity index (χ1) is 15.6. The molecule has 190 valence electrons. The van der Waals surface area contributed by atoms with Crippen molar-refractivity contribution in [2.24, 2.45) is 5.92 Å². The Morgan fingerprint density at radius 1 is 0.594 bits per heavy atom. The van der Waals surface area contributed by atoms with Gasteiger partial charge in [-0.3, -0.25) is 9.59 Å². The van der Waals surface area contributed by atoms with Crippen LogP contribution >= 0.6 is 0 Å². The third-order valence-electron chi connectivity index (χ3n) is 5.95. The quantitative estimate of drug-likeness (QED) is 0.112. The molecule has 1 unspecified atom stereocenters. The van der Waals surface area contributed by atoms with Crippen LogP contribution in [0.5, 0.6) is 0 Å². The summed E-state index contributed by atoms with van der Waals surface area (Å²) in [5.41, 5.74) is 0. The van der Waals surface area contributed by atoms with Crippen LogP contribution in [0.25, 0.3) is 0 Å². The first kappa shape index (κ1) is 30.9. The van der Waals surface area contributed by atoms with Crippen molar-refractivity contribution < 1.29 is 23.8 Å². The highest BCUT2D eigenvalue weighted by molar-refractivity contribution is 5.69. The predicted molar refractivity (Wildman–Crippen MR) is 132 cm³/mol. The molecular weight excluding hydrogens is 404 g/mol. The second-order valence-electron chi connectivity index (χ2n) is 9.08. The van der Waals surface area contributed by atoms with Crippen LogP contribution < -0.4 is 0 Å². The summed E-state index contributed by atoms with van der Waals surface area (Å²) in [7, 11) is 1.72. The number of hydrogen-bond donors (Lipinski definition) is 0. The Morgan fingerprint density at radius 3 is 1.75 bits per heavy atom. The van der Waals surface area contributed by atoms with Gasteiger partial charge in [-0.2, -0.15) is 0 Å². The number of carbonyl (C=O) groups excluding carboxylic acids is 2. The summed E-state index contributed by atoms with van der Waals surface area (Å²) in [4.78, 5) is 23.7. The number of ether oxygens (including phenoxy) is 3. The Balaban J connectivity index is 3.56. The molecule has 0 aliphatic rings. The van der Waals surface area contributed by atoms with Crippen molar-refractivity contribution in [1.29, 1.82) is 0 Å². The van der Waals surface area contributed by atoms with Crippen LogP contribution in [0.1, 0.15) is 129 Å². The molecule has 0 N–H and O–H groups in total.